The average molecular weight is 282 g/mol. The van der Waals surface area contributed by atoms with E-state index in [-0.39, 0.29) is 11.4 Å². The second kappa shape index (κ2) is 6.37. The highest BCUT2D eigenvalue weighted by molar-refractivity contribution is 6.02. The van der Waals surface area contributed by atoms with Crippen LogP contribution in [-0.4, -0.2) is 22.2 Å². The molecule has 0 saturated carbocycles. The minimum absolute atomic E-state index is 0.0666. The van der Waals surface area contributed by atoms with Gasteiger partial charge in [0.1, 0.15) is 23.9 Å². The third kappa shape index (κ3) is 3.34. The van der Waals surface area contributed by atoms with E-state index < -0.39 is 28.6 Å². The minimum atomic E-state index is -1.46. The molecule has 1 aromatic carbocycles. The van der Waals surface area contributed by atoms with Crippen molar-refractivity contribution in [2.24, 2.45) is 0 Å². The Hall–Kier alpha value is -3.83. The summed E-state index contributed by atoms with van der Waals surface area (Å²) in [5, 5.41) is 46.4. The van der Waals surface area contributed by atoms with E-state index in [2.05, 4.69) is 5.32 Å². The molecular weight excluding hydrogens is 276 g/mol. The summed E-state index contributed by atoms with van der Waals surface area (Å²) < 4.78 is 0. The third-order valence-corrected chi connectivity index (χ3v) is 2.34. The van der Waals surface area contributed by atoms with Gasteiger partial charge in [-0.25, -0.2) is 9.59 Å². The van der Waals surface area contributed by atoms with Crippen LogP contribution >= 0.6 is 0 Å². The van der Waals surface area contributed by atoms with Crippen molar-refractivity contribution in [2.75, 3.05) is 5.32 Å². The quantitative estimate of drug-likeness (QED) is 0.697. The lowest BCUT2D eigenvalue weighted by atomic mass is 10.1. The monoisotopic (exact) mass is 282 g/mol. The van der Waals surface area contributed by atoms with Crippen LogP contribution in [0, 0.1) is 34.0 Å². The molecule has 3 N–H and O–H groups in total. The smallest absolute Gasteiger partial charge is 0.336 e. The van der Waals surface area contributed by atoms with Crippen molar-refractivity contribution in [2.45, 2.75) is 0 Å². The molecule has 0 unspecified atom stereocenters. The van der Waals surface area contributed by atoms with Crippen molar-refractivity contribution >= 4 is 17.6 Å². The summed E-state index contributed by atoms with van der Waals surface area (Å²) in [6.07, 6.45) is 0. The van der Waals surface area contributed by atoms with Crippen molar-refractivity contribution in [1.29, 1.82) is 15.8 Å². The number of anilines is 1. The fraction of sp³-hybridized carbons (Fsp3) is 0. The number of aromatic carboxylic acids is 2. The first-order valence-corrected chi connectivity index (χ1v) is 5.26. The second-order valence-corrected chi connectivity index (χ2v) is 3.58. The molecule has 8 nitrogen and oxygen atoms in total. The molecule has 0 radical (unpaired) electrons. The van der Waals surface area contributed by atoms with Crippen LogP contribution in [0.3, 0.4) is 0 Å². The van der Waals surface area contributed by atoms with Gasteiger partial charge >= 0.3 is 11.9 Å². The minimum Gasteiger partial charge on any atom is -0.478 e. The number of benzene rings is 1. The van der Waals surface area contributed by atoms with Crippen molar-refractivity contribution in [3.05, 3.63) is 40.6 Å². The predicted molar refractivity (Wildman–Crippen MR) is 67.8 cm³/mol. The third-order valence-electron chi connectivity index (χ3n) is 2.34. The normalized spacial score (nSPS) is 8.62. The Morgan fingerprint density at radius 2 is 1.52 bits per heavy atom. The van der Waals surface area contributed by atoms with Gasteiger partial charge < -0.3 is 15.5 Å². The SMILES string of the molecule is N#CC(C#N)=C(C#N)Nc1ccc(C(=O)O)c(C(=O)O)c1. The van der Waals surface area contributed by atoms with Crippen LogP contribution in [0.2, 0.25) is 0 Å². The van der Waals surface area contributed by atoms with E-state index in [4.69, 9.17) is 26.0 Å². The van der Waals surface area contributed by atoms with Crippen LogP contribution < -0.4 is 5.32 Å². The molecule has 0 aliphatic carbocycles. The number of rotatable bonds is 4. The van der Waals surface area contributed by atoms with E-state index in [1.54, 1.807) is 6.07 Å². The summed E-state index contributed by atoms with van der Waals surface area (Å²) in [5.74, 6) is -2.87. The van der Waals surface area contributed by atoms with Crippen LogP contribution in [0.15, 0.2) is 29.5 Å². The first-order valence-electron chi connectivity index (χ1n) is 5.26. The summed E-state index contributed by atoms with van der Waals surface area (Å²) in [7, 11) is 0. The van der Waals surface area contributed by atoms with Crippen LogP contribution in [0.5, 0.6) is 0 Å². The molecule has 0 fully saturated rings. The van der Waals surface area contributed by atoms with Crippen molar-refractivity contribution in [3.8, 4) is 18.2 Å². The molecule has 0 amide bonds. The van der Waals surface area contributed by atoms with E-state index in [0.717, 1.165) is 12.1 Å². The Bertz CT molecular complexity index is 759. The molecule has 0 aromatic heterocycles. The van der Waals surface area contributed by atoms with Gasteiger partial charge in [-0.1, -0.05) is 0 Å². The van der Waals surface area contributed by atoms with E-state index in [1.807, 2.05) is 0 Å². The highest BCUT2D eigenvalue weighted by Gasteiger charge is 2.17. The Morgan fingerprint density at radius 3 is 1.95 bits per heavy atom. The van der Waals surface area contributed by atoms with Crippen LogP contribution in [0.1, 0.15) is 20.7 Å². The molecule has 102 valence electrons. The Morgan fingerprint density at radius 1 is 0.952 bits per heavy atom. The molecular formula is C13H6N4O4. The molecule has 1 aromatic rings. The fourth-order valence-electron chi connectivity index (χ4n) is 1.41. The maximum Gasteiger partial charge on any atom is 0.336 e. The molecule has 0 heterocycles. The number of carbonyl (C=O) groups is 2. The predicted octanol–water partition coefficient (Wildman–Crippen LogP) is 1.32. The van der Waals surface area contributed by atoms with Gasteiger partial charge in [0.15, 0.2) is 5.57 Å². The standard InChI is InChI=1S/C13H6N4O4/c14-4-7(5-15)11(6-16)17-8-1-2-9(12(18)19)10(3-8)13(20)21/h1-3,17H,(H,18,19)(H,20,21). The van der Waals surface area contributed by atoms with Crippen molar-refractivity contribution in [1.82, 2.24) is 0 Å². The summed E-state index contributed by atoms with van der Waals surface area (Å²) in [6.45, 7) is 0. The first kappa shape index (κ1) is 15.2. The van der Waals surface area contributed by atoms with Gasteiger partial charge in [-0.3, -0.25) is 0 Å². The zero-order valence-corrected chi connectivity index (χ0v) is 10.3. The summed E-state index contributed by atoms with van der Waals surface area (Å²) in [4.78, 5) is 21.9. The highest BCUT2D eigenvalue weighted by atomic mass is 16.4. The first-order chi connectivity index (χ1) is 9.94. The van der Waals surface area contributed by atoms with Gasteiger partial charge in [-0.2, -0.15) is 15.8 Å². The fourth-order valence-corrected chi connectivity index (χ4v) is 1.41. The number of nitrogens with one attached hydrogen (secondary N) is 1. The molecule has 0 spiro atoms. The maximum atomic E-state index is 11.0. The number of carboxylic acid groups (broad SMARTS) is 2. The van der Waals surface area contributed by atoms with Gasteiger partial charge in [-0.15, -0.1) is 0 Å². The maximum absolute atomic E-state index is 11.0. The summed E-state index contributed by atoms with van der Waals surface area (Å²) in [6, 6.07) is 7.88. The number of nitriles is 3. The van der Waals surface area contributed by atoms with Gasteiger partial charge in [0.2, 0.25) is 0 Å². The molecule has 0 bridgehead atoms. The molecule has 8 heteroatoms. The van der Waals surface area contributed by atoms with Gasteiger partial charge in [0, 0.05) is 5.69 Å². The lowest BCUT2D eigenvalue weighted by Gasteiger charge is -2.07. The Labute approximate surface area is 118 Å². The number of nitrogens with zero attached hydrogens (tertiary/aromatic N) is 3. The van der Waals surface area contributed by atoms with E-state index in [0.29, 0.717) is 0 Å². The Kier molecular flexibility index (Phi) is 4.62. The van der Waals surface area contributed by atoms with Crippen molar-refractivity contribution < 1.29 is 19.8 Å². The molecule has 21 heavy (non-hydrogen) atoms. The molecule has 0 saturated heterocycles. The van der Waals surface area contributed by atoms with Crippen molar-refractivity contribution in [3.63, 3.8) is 0 Å². The number of allylic oxidation sites excluding steroid dienone is 2. The molecule has 0 aliphatic heterocycles. The number of carboxylic acids is 2. The topological polar surface area (TPSA) is 158 Å². The van der Waals surface area contributed by atoms with E-state index in [9.17, 15) is 9.59 Å². The van der Waals surface area contributed by atoms with Gasteiger partial charge in [0.05, 0.1) is 11.1 Å². The summed E-state index contributed by atoms with van der Waals surface area (Å²) in [5.41, 5.74) is -1.68. The van der Waals surface area contributed by atoms with Crippen LogP contribution in [-0.2, 0) is 0 Å². The van der Waals surface area contributed by atoms with Crippen LogP contribution in [0.4, 0.5) is 5.69 Å². The zero-order valence-electron chi connectivity index (χ0n) is 10.3. The van der Waals surface area contributed by atoms with E-state index in [1.165, 1.54) is 18.2 Å². The second-order valence-electron chi connectivity index (χ2n) is 3.58. The number of hydrogen-bond acceptors (Lipinski definition) is 6. The highest BCUT2D eigenvalue weighted by Crippen LogP contribution is 2.18. The van der Waals surface area contributed by atoms with Gasteiger partial charge in [-0.05, 0) is 18.2 Å². The van der Waals surface area contributed by atoms with Gasteiger partial charge in [0.25, 0.3) is 0 Å². The molecule has 0 aliphatic rings. The zero-order chi connectivity index (χ0) is 16.0. The molecule has 1 rings (SSSR count). The lowest BCUT2D eigenvalue weighted by Crippen LogP contribution is -2.09. The largest absolute Gasteiger partial charge is 0.478 e. The lowest BCUT2D eigenvalue weighted by molar-refractivity contribution is 0.0651. The molecule has 0 atom stereocenters. The summed E-state index contributed by atoms with van der Waals surface area (Å²) >= 11 is 0. The number of hydrogen-bond donors (Lipinski definition) is 3. The van der Waals surface area contributed by atoms with E-state index >= 15 is 0 Å². The van der Waals surface area contributed by atoms with Crippen LogP contribution in [0.25, 0.3) is 0 Å². The Balaban J connectivity index is 3.34. The average Bonchev–Trinajstić information content (AvgIpc) is 2.46.